The van der Waals surface area contributed by atoms with Crippen molar-refractivity contribution in [3.63, 3.8) is 0 Å². The molecule has 1 atom stereocenters. The van der Waals surface area contributed by atoms with Gasteiger partial charge in [0, 0.05) is 29.0 Å². The van der Waals surface area contributed by atoms with E-state index in [2.05, 4.69) is 21.9 Å². The molecule has 0 bridgehead atoms. The number of aromatic nitrogens is 3. The highest BCUT2D eigenvalue weighted by Gasteiger charge is 2.06. The summed E-state index contributed by atoms with van der Waals surface area (Å²) in [5.41, 5.74) is 7.81. The van der Waals surface area contributed by atoms with Crippen molar-refractivity contribution >= 4 is 11.8 Å². The van der Waals surface area contributed by atoms with Crippen LogP contribution >= 0.6 is 11.8 Å². The van der Waals surface area contributed by atoms with E-state index in [1.165, 1.54) is 11.8 Å². The molecule has 2 aromatic heterocycles. The number of aryl methyl sites for hydroxylation is 1. The molecule has 5 heteroatoms. The lowest BCUT2D eigenvalue weighted by molar-refractivity contribution is 0.674. The minimum Gasteiger partial charge on any atom is -0.323 e. The van der Waals surface area contributed by atoms with Gasteiger partial charge in [-0.3, -0.25) is 4.98 Å². The molecule has 0 aromatic carbocycles. The average Bonchev–Trinajstić information content (AvgIpc) is 2.39. The van der Waals surface area contributed by atoms with Gasteiger partial charge in [-0.2, -0.15) is 0 Å². The topological polar surface area (TPSA) is 64.7 Å². The Hall–Kier alpha value is -1.46. The van der Waals surface area contributed by atoms with Gasteiger partial charge < -0.3 is 5.73 Å². The van der Waals surface area contributed by atoms with Crippen molar-refractivity contribution in [3.05, 3.63) is 42.0 Å². The Morgan fingerprint density at radius 3 is 2.72 bits per heavy atom. The quantitative estimate of drug-likeness (QED) is 0.856. The van der Waals surface area contributed by atoms with E-state index in [4.69, 9.17) is 5.73 Å². The molecule has 2 aromatic rings. The summed E-state index contributed by atoms with van der Waals surface area (Å²) in [7, 11) is 0. The number of hydrogen-bond acceptors (Lipinski definition) is 5. The maximum absolute atomic E-state index is 5.92. The molecule has 0 radical (unpaired) electrons. The highest BCUT2D eigenvalue weighted by Crippen LogP contribution is 2.24. The van der Waals surface area contributed by atoms with Gasteiger partial charge in [-0.05, 0) is 43.3 Å². The fraction of sp³-hybridized carbons (Fsp3) is 0.308. The van der Waals surface area contributed by atoms with Crippen molar-refractivity contribution in [1.29, 1.82) is 0 Å². The fourth-order valence-corrected chi connectivity index (χ4v) is 2.22. The maximum atomic E-state index is 5.92. The van der Waals surface area contributed by atoms with Gasteiger partial charge in [-0.15, -0.1) is 0 Å². The van der Waals surface area contributed by atoms with Gasteiger partial charge in [0.2, 0.25) is 0 Å². The highest BCUT2D eigenvalue weighted by molar-refractivity contribution is 7.99. The lowest BCUT2D eigenvalue weighted by Crippen LogP contribution is -2.10. The van der Waals surface area contributed by atoms with Crippen molar-refractivity contribution in [2.75, 3.05) is 0 Å². The van der Waals surface area contributed by atoms with E-state index in [1.54, 1.807) is 6.20 Å². The molecule has 2 rings (SSSR count). The average molecular weight is 260 g/mol. The van der Waals surface area contributed by atoms with Crippen LogP contribution in [-0.2, 0) is 0 Å². The third kappa shape index (κ3) is 3.27. The number of hydrogen-bond donors (Lipinski definition) is 1. The molecule has 0 saturated carbocycles. The zero-order chi connectivity index (χ0) is 13.0. The molecule has 94 valence electrons. The zero-order valence-corrected chi connectivity index (χ0v) is 11.3. The Labute approximate surface area is 111 Å². The molecular formula is C13H16N4S. The second kappa shape index (κ2) is 5.93. The van der Waals surface area contributed by atoms with Crippen LogP contribution in [0.1, 0.15) is 30.8 Å². The molecule has 0 saturated heterocycles. The summed E-state index contributed by atoms with van der Waals surface area (Å²) in [6.07, 6.45) is 4.47. The van der Waals surface area contributed by atoms with Crippen LogP contribution in [0, 0.1) is 6.92 Å². The molecule has 0 fully saturated rings. The molecule has 0 amide bonds. The summed E-state index contributed by atoms with van der Waals surface area (Å²) in [5.74, 6) is 0. The second-order valence-electron chi connectivity index (χ2n) is 4.02. The van der Waals surface area contributed by atoms with Gasteiger partial charge in [0.25, 0.3) is 0 Å². The predicted octanol–water partition coefficient (Wildman–Crippen LogP) is 2.74. The zero-order valence-electron chi connectivity index (χ0n) is 10.5. The number of nitrogens with two attached hydrogens (primary N) is 1. The first-order chi connectivity index (χ1) is 8.69. The molecule has 0 spiro atoms. The van der Waals surface area contributed by atoms with Gasteiger partial charge in [0.05, 0.1) is 5.69 Å². The lowest BCUT2D eigenvalue weighted by atomic mass is 10.1. The number of nitrogens with zero attached hydrogens (tertiary/aromatic N) is 3. The summed E-state index contributed by atoms with van der Waals surface area (Å²) in [6, 6.07) is 5.87. The molecule has 0 aliphatic rings. The maximum Gasteiger partial charge on any atom is 0.192 e. The first-order valence-electron chi connectivity index (χ1n) is 5.88. The number of pyridine rings is 1. The van der Waals surface area contributed by atoms with Crippen LogP contribution in [0.3, 0.4) is 0 Å². The van der Waals surface area contributed by atoms with E-state index in [0.717, 1.165) is 27.9 Å². The normalized spacial score (nSPS) is 12.4. The molecule has 0 aliphatic heterocycles. The summed E-state index contributed by atoms with van der Waals surface area (Å²) >= 11 is 1.50. The van der Waals surface area contributed by atoms with Crippen LogP contribution in [0.2, 0.25) is 0 Å². The fourth-order valence-electron chi connectivity index (χ4n) is 1.46. The second-order valence-corrected chi connectivity index (χ2v) is 5.06. The van der Waals surface area contributed by atoms with Gasteiger partial charge >= 0.3 is 0 Å². The molecule has 2 heterocycles. The Bertz CT molecular complexity index is 513. The monoisotopic (exact) mass is 260 g/mol. The molecular weight excluding hydrogens is 244 g/mol. The molecule has 1 unspecified atom stereocenters. The smallest absolute Gasteiger partial charge is 0.192 e. The Morgan fingerprint density at radius 1 is 1.28 bits per heavy atom. The minimum absolute atomic E-state index is 0.0132. The van der Waals surface area contributed by atoms with Gasteiger partial charge in [0.1, 0.15) is 0 Å². The van der Waals surface area contributed by atoms with Crippen molar-refractivity contribution in [3.8, 4) is 0 Å². The lowest BCUT2D eigenvalue weighted by Gasteiger charge is -2.08. The third-order valence-corrected chi connectivity index (χ3v) is 3.42. The summed E-state index contributed by atoms with van der Waals surface area (Å²) in [4.78, 5) is 13.9. The predicted molar refractivity (Wildman–Crippen MR) is 72.3 cm³/mol. The van der Waals surface area contributed by atoms with Crippen LogP contribution in [-0.4, -0.2) is 15.0 Å². The van der Waals surface area contributed by atoms with E-state index in [0.29, 0.717) is 0 Å². The van der Waals surface area contributed by atoms with Crippen LogP contribution in [0.4, 0.5) is 0 Å². The molecule has 0 aliphatic carbocycles. The molecule has 4 nitrogen and oxygen atoms in total. The first kappa shape index (κ1) is 13.0. The number of rotatable bonds is 4. The SMILES string of the molecule is CCC(N)c1ccc(Sc2nccc(C)n2)cn1. The van der Waals surface area contributed by atoms with Crippen LogP contribution < -0.4 is 5.73 Å². The van der Waals surface area contributed by atoms with E-state index in [-0.39, 0.29) is 6.04 Å². The van der Waals surface area contributed by atoms with Gasteiger partial charge in [-0.25, -0.2) is 9.97 Å². The van der Waals surface area contributed by atoms with E-state index in [9.17, 15) is 0 Å². The van der Waals surface area contributed by atoms with Crippen LogP contribution in [0.5, 0.6) is 0 Å². The van der Waals surface area contributed by atoms with Crippen molar-refractivity contribution in [2.45, 2.75) is 36.4 Å². The minimum atomic E-state index is 0.0132. The summed E-state index contributed by atoms with van der Waals surface area (Å²) < 4.78 is 0. The van der Waals surface area contributed by atoms with Crippen molar-refractivity contribution in [1.82, 2.24) is 15.0 Å². The Balaban J connectivity index is 2.11. The van der Waals surface area contributed by atoms with E-state index in [1.807, 2.05) is 31.3 Å². The van der Waals surface area contributed by atoms with E-state index < -0.39 is 0 Å². The Morgan fingerprint density at radius 2 is 2.11 bits per heavy atom. The van der Waals surface area contributed by atoms with Gasteiger partial charge in [0.15, 0.2) is 5.16 Å². The first-order valence-corrected chi connectivity index (χ1v) is 6.69. The van der Waals surface area contributed by atoms with Crippen LogP contribution in [0.15, 0.2) is 40.6 Å². The molecule has 2 N–H and O–H groups in total. The van der Waals surface area contributed by atoms with Crippen molar-refractivity contribution < 1.29 is 0 Å². The highest BCUT2D eigenvalue weighted by atomic mass is 32.2. The van der Waals surface area contributed by atoms with E-state index >= 15 is 0 Å². The summed E-state index contributed by atoms with van der Waals surface area (Å²) in [6.45, 7) is 4.00. The standard InChI is InChI=1S/C13H16N4S/c1-3-11(14)12-5-4-10(8-16-12)18-13-15-7-6-9(2)17-13/h4-8,11H,3,14H2,1-2H3. The molecule has 18 heavy (non-hydrogen) atoms. The van der Waals surface area contributed by atoms with Gasteiger partial charge in [-0.1, -0.05) is 6.92 Å². The largest absolute Gasteiger partial charge is 0.323 e. The Kier molecular flexibility index (Phi) is 4.28. The van der Waals surface area contributed by atoms with Crippen molar-refractivity contribution in [2.24, 2.45) is 5.73 Å². The third-order valence-electron chi connectivity index (χ3n) is 2.56. The summed E-state index contributed by atoms with van der Waals surface area (Å²) in [5, 5.41) is 0.740. The van der Waals surface area contributed by atoms with Crippen LogP contribution in [0.25, 0.3) is 0 Å².